The molecule has 4 heteroatoms. The molecule has 0 aromatic heterocycles. The van der Waals surface area contributed by atoms with Gasteiger partial charge < -0.3 is 0 Å². The molecule has 0 saturated heterocycles. The molecular weight excluding hydrogens is 337 g/mol. The number of Topliss-reactive ketones (excluding diaryl/α,β-unsaturated/α-hetero) is 1. The summed E-state index contributed by atoms with van der Waals surface area (Å²) in [7, 11) is 0. The van der Waals surface area contributed by atoms with Crippen LogP contribution in [-0.2, 0) is 12.8 Å². The van der Waals surface area contributed by atoms with Crippen LogP contribution in [0.2, 0.25) is 0 Å². The van der Waals surface area contributed by atoms with Crippen LogP contribution < -0.4 is 0 Å². The first-order chi connectivity index (χ1) is 12.4. The number of hydrogen-bond donors (Lipinski definition) is 0. The minimum absolute atomic E-state index is 0.140. The smallest absolute Gasteiger partial charge is 0.194 e. The molecule has 0 radical (unpaired) electrons. The molecule has 1 aliphatic carbocycles. The summed E-state index contributed by atoms with van der Waals surface area (Å²) >= 11 is 0. The van der Waals surface area contributed by atoms with Crippen LogP contribution in [0, 0.1) is 30.3 Å². The zero-order valence-electron chi connectivity index (χ0n) is 15.0. The van der Waals surface area contributed by atoms with Gasteiger partial charge in [0.05, 0.1) is 0 Å². The second kappa shape index (κ2) is 8.07. The molecule has 0 bridgehead atoms. The molecule has 0 aliphatic heterocycles. The van der Waals surface area contributed by atoms with Gasteiger partial charge in [0.1, 0.15) is 0 Å². The van der Waals surface area contributed by atoms with E-state index in [0.717, 1.165) is 24.1 Å². The van der Waals surface area contributed by atoms with Crippen LogP contribution in [0.4, 0.5) is 13.2 Å². The van der Waals surface area contributed by atoms with Crippen molar-refractivity contribution in [3.8, 4) is 0 Å². The lowest BCUT2D eigenvalue weighted by atomic mass is 9.83. The van der Waals surface area contributed by atoms with Crippen molar-refractivity contribution in [2.75, 3.05) is 0 Å². The normalized spacial score (nSPS) is 15.2. The molecule has 0 N–H and O–H groups in total. The minimum Gasteiger partial charge on any atom is -0.294 e. The van der Waals surface area contributed by atoms with Gasteiger partial charge in [0.15, 0.2) is 23.2 Å². The van der Waals surface area contributed by atoms with Crippen molar-refractivity contribution in [1.29, 1.82) is 0 Å². The highest BCUT2D eigenvalue weighted by Crippen LogP contribution is 2.28. The van der Waals surface area contributed by atoms with E-state index in [1.54, 1.807) is 6.07 Å². The fourth-order valence-corrected chi connectivity index (χ4v) is 3.76. The molecule has 1 saturated carbocycles. The van der Waals surface area contributed by atoms with Gasteiger partial charge in [-0.25, -0.2) is 13.2 Å². The van der Waals surface area contributed by atoms with Crippen molar-refractivity contribution in [2.24, 2.45) is 5.92 Å². The van der Waals surface area contributed by atoms with Gasteiger partial charge in [0.25, 0.3) is 0 Å². The van der Waals surface area contributed by atoms with Gasteiger partial charge in [-0.15, -0.1) is 0 Å². The Bertz CT molecular complexity index is 784. The highest BCUT2D eigenvalue weighted by Gasteiger charge is 2.17. The van der Waals surface area contributed by atoms with Crippen LogP contribution >= 0.6 is 0 Å². The van der Waals surface area contributed by atoms with Gasteiger partial charge in [-0.05, 0) is 54.2 Å². The zero-order chi connectivity index (χ0) is 18.7. The van der Waals surface area contributed by atoms with Crippen LogP contribution in [-0.4, -0.2) is 5.78 Å². The van der Waals surface area contributed by atoms with E-state index in [1.165, 1.54) is 37.7 Å². The summed E-state index contributed by atoms with van der Waals surface area (Å²) in [6.07, 6.45) is 7.11. The number of hydrogen-bond acceptors (Lipinski definition) is 1. The Hall–Kier alpha value is -2.10. The lowest BCUT2D eigenvalue weighted by Crippen LogP contribution is -2.11. The summed E-state index contributed by atoms with van der Waals surface area (Å²) in [5.41, 5.74) is 3.00. The first-order valence-electron chi connectivity index (χ1n) is 9.20. The van der Waals surface area contributed by atoms with Crippen molar-refractivity contribution < 1.29 is 18.0 Å². The average Bonchev–Trinajstić information content (AvgIpc) is 2.62. The van der Waals surface area contributed by atoms with Crippen molar-refractivity contribution in [3.63, 3.8) is 0 Å². The molecule has 0 heterocycles. The molecule has 0 spiro atoms. The number of rotatable bonds is 5. The summed E-state index contributed by atoms with van der Waals surface area (Å²) in [4.78, 5) is 12.5. The second-order valence-electron chi connectivity index (χ2n) is 7.32. The molecule has 1 aliphatic rings. The van der Waals surface area contributed by atoms with Crippen molar-refractivity contribution >= 4 is 5.78 Å². The first kappa shape index (κ1) is 18.7. The third-order valence-corrected chi connectivity index (χ3v) is 5.31. The lowest BCUT2D eigenvalue weighted by molar-refractivity contribution is 0.0992. The second-order valence-corrected chi connectivity index (χ2v) is 7.32. The topological polar surface area (TPSA) is 17.1 Å². The molecule has 2 aromatic carbocycles. The number of carbonyl (C=O) groups excluding carboxylic acids is 1. The van der Waals surface area contributed by atoms with Crippen LogP contribution in [0.5, 0.6) is 0 Å². The molecule has 3 rings (SSSR count). The summed E-state index contributed by atoms with van der Waals surface area (Å²) < 4.78 is 39.7. The van der Waals surface area contributed by atoms with Gasteiger partial charge >= 0.3 is 0 Å². The van der Waals surface area contributed by atoms with Crippen molar-refractivity contribution in [2.45, 2.75) is 51.9 Å². The van der Waals surface area contributed by atoms with E-state index in [0.29, 0.717) is 11.5 Å². The van der Waals surface area contributed by atoms with Gasteiger partial charge in [-0.2, -0.15) is 0 Å². The van der Waals surface area contributed by atoms with E-state index in [-0.39, 0.29) is 17.8 Å². The van der Waals surface area contributed by atoms with Gasteiger partial charge in [0.2, 0.25) is 0 Å². The quantitative estimate of drug-likeness (QED) is 0.475. The average molecular weight is 360 g/mol. The summed E-state index contributed by atoms with van der Waals surface area (Å²) in [6, 6.07) is 7.35. The molecule has 2 aromatic rings. The Morgan fingerprint density at radius 2 is 1.65 bits per heavy atom. The fraction of sp³-hybridized carbons (Fsp3) is 0.409. The van der Waals surface area contributed by atoms with E-state index < -0.39 is 17.5 Å². The highest BCUT2D eigenvalue weighted by atomic mass is 19.2. The number of ketones is 1. The van der Waals surface area contributed by atoms with E-state index in [2.05, 4.69) is 0 Å². The van der Waals surface area contributed by atoms with Crippen molar-refractivity contribution in [3.05, 3.63) is 70.0 Å². The molecule has 1 nitrogen and oxygen atoms in total. The predicted octanol–water partition coefficient (Wildman–Crippen LogP) is 5.96. The SMILES string of the molecule is Cc1ccc(C(=O)Cc2cc(F)c(F)c(F)c2)cc1CC1CCCCC1. The third kappa shape index (κ3) is 4.35. The van der Waals surface area contributed by atoms with E-state index >= 15 is 0 Å². The molecule has 138 valence electrons. The van der Waals surface area contributed by atoms with Crippen LogP contribution in [0.3, 0.4) is 0 Å². The maximum Gasteiger partial charge on any atom is 0.194 e. The number of benzene rings is 2. The highest BCUT2D eigenvalue weighted by molar-refractivity contribution is 5.97. The Balaban J connectivity index is 1.76. The van der Waals surface area contributed by atoms with Gasteiger partial charge in [0, 0.05) is 12.0 Å². The lowest BCUT2D eigenvalue weighted by Gasteiger charge is -2.22. The third-order valence-electron chi connectivity index (χ3n) is 5.31. The Kier molecular flexibility index (Phi) is 5.80. The predicted molar refractivity (Wildman–Crippen MR) is 95.8 cm³/mol. The Morgan fingerprint density at radius 3 is 2.31 bits per heavy atom. The molecule has 0 unspecified atom stereocenters. The van der Waals surface area contributed by atoms with Gasteiger partial charge in [-0.1, -0.05) is 44.2 Å². The maximum absolute atomic E-state index is 13.3. The van der Waals surface area contributed by atoms with Crippen LogP contribution in [0.1, 0.15) is 59.2 Å². The number of aryl methyl sites for hydroxylation is 1. The molecular formula is C22H23F3O. The zero-order valence-corrected chi connectivity index (χ0v) is 15.0. The van der Waals surface area contributed by atoms with Crippen LogP contribution in [0.25, 0.3) is 0 Å². The van der Waals surface area contributed by atoms with E-state index in [9.17, 15) is 18.0 Å². The fourth-order valence-electron chi connectivity index (χ4n) is 3.76. The van der Waals surface area contributed by atoms with E-state index in [1.807, 2.05) is 19.1 Å². The minimum atomic E-state index is -1.51. The number of halogens is 3. The van der Waals surface area contributed by atoms with Crippen molar-refractivity contribution in [1.82, 2.24) is 0 Å². The Morgan fingerprint density at radius 1 is 1.00 bits per heavy atom. The van der Waals surface area contributed by atoms with Gasteiger partial charge in [-0.3, -0.25) is 4.79 Å². The molecule has 0 amide bonds. The standard InChI is InChI=1S/C22H23F3O/c1-14-7-8-17(13-18(14)9-15-5-3-2-4-6-15)21(26)12-16-10-19(23)22(25)20(24)11-16/h7-8,10-11,13,15H,2-6,9,12H2,1H3. The van der Waals surface area contributed by atoms with E-state index in [4.69, 9.17) is 0 Å². The summed E-state index contributed by atoms with van der Waals surface area (Å²) in [5, 5.41) is 0. The Labute approximate surface area is 152 Å². The van der Waals surface area contributed by atoms with Crippen LogP contribution in [0.15, 0.2) is 30.3 Å². The molecule has 26 heavy (non-hydrogen) atoms. The largest absolute Gasteiger partial charge is 0.294 e. The molecule has 0 atom stereocenters. The maximum atomic E-state index is 13.3. The molecule has 1 fully saturated rings. The monoisotopic (exact) mass is 360 g/mol. The summed E-state index contributed by atoms with van der Waals surface area (Å²) in [5.74, 6) is -3.61. The first-order valence-corrected chi connectivity index (χ1v) is 9.20. The number of carbonyl (C=O) groups is 1. The summed E-state index contributed by atoms with van der Waals surface area (Å²) in [6.45, 7) is 2.04.